The van der Waals surface area contributed by atoms with E-state index >= 15 is 0 Å². The van der Waals surface area contributed by atoms with Gasteiger partial charge in [0.15, 0.2) is 0 Å². The minimum absolute atomic E-state index is 0.0380. The van der Waals surface area contributed by atoms with E-state index in [2.05, 4.69) is 26.6 Å². The van der Waals surface area contributed by atoms with Crippen molar-refractivity contribution in [2.45, 2.75) is 32.7 Å². The summed E-state index contributed by atoms with van der Waals surface area (Å²) in [6.07, 6.45) is 0.555. The molecule has 1 aromatic carbocycles. The fourth-order valence-corrected chi connectivity index (χ4v) is 4.28. The molecule has 0 aliphatic carbocycles. The van der Waals surface area contributed by atoms with Crippen molar-refractivity contribution < 1.29 is 14.3 Å². The number of thiophene rings is 1. The lowest BCUT2D eigenvalue weighted by Crippen LogP contribution is -2.35. The van der Waals surface area contributed by atoms with Crippen LogP contribution in [0.5, 0.6) is 0 Å². The number of nitrogens with zero attached hydrogens (tertiary/aromatic N) is 1. The van der Waals surface area contributed by atoms with Crippen molar-refractivity contribution in [3.63, 3.8) is 0 Å². The Morgan fingerprint density at radius 1 is 1.41 bits per heavy atom. The fraction of sp³-hybridized carbons (Fsp3) is 0.263. The van der Waals surface area contributed by atoms with Crippen LogP contribution in [-0.2, 0) is 11.2 Å². The van der Waals surface area contributed by atoms with Gasteiger partial charge in [-0.2, -0.15) is 0 Å². The molecule has 0 saturated carbocycles. The molecular formula is C19H19BrFN3O2S. The Kier molecular flexibility index (Phi) is 5.96. The molecule has 3 N–H and O–H groups in total. The summed E-state index contributed by atoms with van der Waals surface area (Å²) in [5, 5.41) is 15.3. The molecule has 0 radical (unpaired) electrons. The Bertz CT molecular complexity index is 939. The van der Waals surface area contributed by atoms with Crippen LogP contribution >= 0.6 is 27.3 Å². The van der Waals surface area contributed by atoms with Crippen LogP contribution in [0, 0.1) is 5.82 Å². The van der Waals surface area contributed by atoms with Crippen molar-refractivity contribution in [1.82, 2.24) is 5.32 Å². The van der Waals surface area contributed by atoms with Crippen molar-refractivity contribution in [3.8, 4) is 0 Å². The molecule has 5 nitrogen and oxygen atoms in total. The third-order valence-corrected chi connectivity index (χ3v) is 5.86. The molecule has 0 spiro atoms. The number of carbonyl (C=O) groups is 1. The molecule has 3 rings (SSSR count). The van der Waals surface area contributed by atoms with E-state index < -0.39 is 11.8 Å². The lowest BCUT2D eigenvalue weighted by Gasteiger charge is -2.26. The average Bonchev–Trinajstić information content (AvgIpc) is 3.03. The van der Waals surface area contributed by atoms with Crippen LogP contribution in [-0.4, -0.2) is 23.0 Å². The highest BCUT2D eigenvalue weighted by atomic mass is 79.9. The second-order valence-electron chi connectivity index (χ2n) is 6.15. The molecule has 142 valence electrons. The molecule has 0 fully saturated rings. The minimum atomic E-state index is -0.989. The van der Waals surface area contributed by atoms with Crippen molar-refractivity contribution in [2.75, 3.05) is 5.32 Å². The number of anilines is 1. The summed E-state index contributed by atoms with van der Waals surface area (Å²) in [5.41, 5.74) is 1.76. The predicted molar refractivity (Wildman–Crippen MR) is 110 cm³/mol. The quantitative estimate of drug-likeness (QED) is 0.592. The zero-order chi connectivity index (χ0) is 19.6. The molecule has 2 aromatic rings. The number of rotatable bonds is 6. The van der Waals surface area contributed by atoms with Gasteiger partial charge in [0.25, 0.3) is 0 Å². The van der Waals surface area contributed by atoms with Crippen molar-refractivity contribution in [2.24, 2.45) is 4.99 Å². The lowest BCUT2D eigenvalue weighted by molar-refractivity contribution is -0.136. The normalized spacial score (nSPS) is 16.7. The van der Waals surface area contributed by atoms with E-state index in [1.54, 1.807) is 23.5 Å². The van der Waals surface area contributed by atoms with Crippen molar-refractivity contribution >= 4 is 44.8 Å². The van der Waals surface area contributed by atoms with Crippen LogP contribution in [0.25, 0.3) is 0 Å². The Hall–Kier alpha value is -2.19. The SMILES string of the molecule is CCC1=C(Nc2ccc(CC(=O)O)cc2F)NC(c2ccc(Br)s2)=NC1C. The van der Waals surface area contributed by atoms with Crippen molar-refractivity contribution in [3.05, 3.63) is 61.8 Å². The third kappa shape index (κ3) is 4.56. The van der Waals surface area contributed by atoms with Gasteiger partial charge in [-0.3, -0.25) is 9.79 Å². The Balaban J connectivity index is 1.86. The second-order valence-corrected chi connectivity index (χ2v) is 8.61. The number of benzene rings is 1. The van der Waals surface area contributed by atoms with E-state index in [9.17, 15) is 9.18 Å². The summed E-state index contributed by atoms with van der Waals surface area (Å²) in [5.74, 6) is -0.0314. The van der Waals surface area contributed by atoms with Gasteiger partial charge in [-0.05, 0) is 64.7 Å². The first-order valence-corrected chi connectivity index (χ1v) is 10.1. The highest BCUT2D eigenvalue weighted by Crippen LogP contribution is 2.27. The molecule has 0 amide bonds. The van der Waals surface area contributed by atoms with E-state index in [4.69, 9.17) is 10.1 Å². The maximum absolute atomic E-state index is 14.5. The van der Waals surface area contributed by atoms with Gasteiger partial charge in [-0.15, -0.1) is 11.3 Å². The predicted octanol–water partition coefficient (Wildman–Crippen LogP) is 4.75. The van der Waals surface area contributed by atoms with Gasteiger partial charge in [0.1, 0.15) is 17.5 Å². The Morgan fingerprint density at radius 3 is 2.78 bits per heavy atom. The summed E-state index contributed by atoms with van der Waals surface area (Å²) in [7, 11) is 0. The zero-order valence-electron chi connectivity index (χ0n) is 14.8. The minimum Gasteiger partial charge on any atom is -0.481 e. The van der Waals surface area contributed by atoms with Gasteiger partial charge in [0.2, 0.25) is 0 Å². The van der Waals surface area contributed by atoms with Crippen LogP contribution in [0.3, 0.4) is 0 Å². The second kappa shape index (κ2) is 8.22. The number of aliphatic carboxylic acids is 1. The summed E-state index contributed by atoms with van der Waals surface area (Å²) >= 11 is 5.03. The number of amidine groups is 1. The molecule has 27 heavy (non-hydrogen) atoms. The molecule has 1 atom stereocenters. The van der Waals surface area contributed by atoms with Crippen molar-refractivity contribution in [1.29, 1.82) is 0 Å². The number of nitrogens with one attached hydrogen (secondary N) is 2. The Labute approximate surface area is 169 Å². The summed E-state index contributed by atoms with van der Waals surface area (Å²) < 4.78 is 15.5. The first-order valence-electron chi connectivity index (χ1n) is 8.48. The lowest BCUT2D eigenvalue weighted by atomic mass is 10.0. The molecule has 2 heterocycles. The molecule has 0 saturated heterocycles. The highest BCUT2D eigenvalue weighted by molar-refractivity contribution is 9.11. The van der Waals surface area contributed by atoms with Gasteiger partial charge in [-0.25, -0.2) is 4.39 Å². The van der Waals surface area contributed by atoms with E-state index in [1.165, 1.54) is 6.07 Å². The average molecular weight is 452 g/mol. The summed E-state index contributed by atoms with van der Waals surface area (Å²) in [6.45, 7) is 4.04. The topological polar surface area (TPSA) is 73.7 Å². The van der Waals surface area contributed by atoms with E-state index in [0.29, 0.717) is 17.1 Å². The molecule has 1 aliphatic rings. The van der Waals surface area contributed by atoms with E-state index in [1.807, 2.05) is 26.0 Å². The fourth-order valence-electron chi connectivity index (χ4n) is 2.94. The summed E-state index contributed by atoms with van der Waals surface area (Å²) in [4.78, 5) is 16.5. The Morgan fingerprint density at radius 2 is 2.19 bits per heavy atom. The van der Waals surface area contributed by atoms with E-state index in [0.717, 1.165) is 26.5 Å². The highest BCUT2D eigenvalue weighted by Gasteiger charge is 2.22. The number of carboxylic acid groups (broad SMARTS) is 1. The van der Waals surface area contributed by atoms with Gasteiger partial charge < -0.3 is 15.7 Å². The van der Waals surface area contributed by atoms with Gasteiger partial charge in [-0.1, -0.05) is 13.0 Å². The van der Waals surface area contributed by atoms with Gasteiger partial charge in [0, 0.05) is 0 Å². The van der Waals surface area contributed by atoms with Crippen LogP contribution < -0.4 is 10.6 Å². The summed E-state index contributed by atoms with van der Waals surface area (Å²) in [6, 6.07) is 8.33. The van der Waals surface area contributed by atoms with E-state index in [-0.39, 0.29) is 12.5 Å². The molecular weight excluding hydrogens is 433 g/mol. The number of hydrogen-bond donors (Lipinski definition) is 3. The van der Waals surface area contributed by atoms with Crippen LogP contribution in [0.15, 0.2) is 50.5 Å². The number of carboxylic acids is 1. The van der Waals surface area contributed by atoms with Crippen LogP contribution in [0.2, 0.25) is 0 Å². The molecule has 1 aromatic heterocycles. The first-order chi connectivity index (χ1) is 12.9. The van der Waals surface area contributed by atoms with Gasteiger partial charge in [0.05, 0.1) is 26.8 Å². The van der Waals surface area contributed by atoms with Crippen LogP contribution in [0.4, 0.5) is 10.1 Å². The maximum Gasteiger partial charge on any atom is 0.307 e. The monoisotopic (exact) mass is 451 g/mol. The first kappa shape index (κ1) is 19.6. The maximum atomic E-state index is 14.5. The number of aliphatic imine (C=N–C) groups is 1. The molecule has 0 bridgehead atoms. The molecule has 1 aliphatic heterocycles. The zero-order valence-corrected chi connectivity index (χ0v) is 17.2. The molecule has 1 unspecified atom stereocenters. The number of halogens is 2. The van der Waals surface area contributed by atoms with Crippen LogP contribution in [0.1, 0.15) is 30.7 Å². The number of hydrogen-bond acceptors (Lipinski definition) is 5. The van der Waals surface area contributed by atoms with Gasteiger partial charge >= 0.3 is 5.97 Å². The molecule has 8 heteroatoms. The third-order valence-electron chi connectivity index (χ3n) is 4.23. The smallest absolute Gasteiger partial charge is 0.307 e. The standard InChI is InChI=1S/C19H19BrFN3O2S/c1-3-12-10(2)22-19(15-6-7-16(20)27-15)24-18(12)23-14-5-4-11(8-13(14)21)9-17(25)26/h4-8,10,23H,3,9H2,1-2H3,(H,22,24)(H,25,26). The largest absolute Gasteiger partial charge is 0.481 e.